The zero-order chi connectivity index (χ0) is 17.9. The Kier molecular flexibility index (Phi) is 4.95. The molecule has 2 unspecified atom stereocenters. The van der Waals surface area contributed by atoms with Gasteiger partial charge in [0.05, 0.1) is 12.1 Å². The number of piperidine rings is 1. The van der Waals surface area contributed by atoms with Crippen LogP contribution in [0.5, 0.6) is 0 Å². The third-order valence-corrected chi connectivity index (χ3v) is 5.53. The molecule has 2 aromatic rings. The van der Waals surface area contributed by atoms with Crippen LogP contribution in [0, 0.1) is 0 Å². The Balaban J connectivity index is 1.39. The van der Waals surface area contributed by atoms with Gasteiger partial charge in [-0.05, 0) is 36.6 Å². The van der Waals surface area contributed by atoms with Crippen LogP contribution in [0.3, 0.4) is 0 Å². The molecule has 4 heterocycles. The molecule has 2 saturated heterocycles. The van der Waals surface area contributed by atoms with E-state index in [1.54, 1.807) is 25.6 Å². The quantitative estimate of drug-likeness (QED) is 0.844. The zero-order valence-corrected chi connectivity index (χ0v) is 15.0. The number of methoxy groups -OCH3 is 1. The molecule has 0 N–H and O–H groups in total. The lowest BCUT2D eigenvalue weighted by atomic mass is 9.87. The van der Waals surface area contributed by atoms with Gasteiger partial charge in [0.1, 0.15) is 5.69 Å². The molecule has 2 atom stereocenters. The normalized spacial score (nSPS) is 24.3. The van der Waals surface area contributed by atoms with E-state index in [-0.39, 0.29) is 18.1 Å². The largest absolute Gasteiger partial charge is 0.378 e. The molecule has 0 bridgehead atoms. The Labute approximate surface area is 153 Å². The number of amides is 1. The molecule has 0 saturated carbocycles. The van der Waals surface area contributed by atoms with Crippen LogP contribution in [-0.4, -0.2) is 64.6 Å². The van der Waals surface area contributed by atoms with E-state index in [9.17, 15) is 4.79 Å². The first-order valence-electron chi connectivity index (χ1n) is 9.16. The Morgan fingerprint density at radius 1 is 1.15 bits per heavy atom. The van der Waals surface area contributed by atoms with Crippen molar-refractivity contribution in [2.24, 2.45) is 0 Å². The number of aromatic nitrogens is 2. The second-order valence-electron chi connectivity index (χ2n) is 6.94. The van der Waals surface area contributed by atoms with Gasteiger partial charge in [-0.25, -0.2) is 0 Å². The van der Waals surface area contributed by atoms with E-state index in [2.05, 4.69) is 20.9 Å². The van der Waals surface area contributed by atoms with Crippen LogP contribution in [0.15, 0.2) is 48.9 Å². The summed E-state index contributed by atoms with van der Waals surface area (Å²) in [6.07, 6.45) is 7.58. The molecule has 4 rings (SSSR count). The van der Waals surface area contributed by atoms with Crippen molar-refractivity contribution >= 4 is 5.91 Å². The monoisotopic (exact) mass is 352 g/mol. The van der Waals surface area contributed by atoms with Crippen molar-refractivity contribution < 1.29 is 9.53 Å². The van der Waals surface area contributed by atoms with E-state index in [1.807, 2.05) is 29.3 Å². The predicted molar refractivity (Wildman–Crippen MR) is 97.6 cm³/mol. The van der Waals surface area contributed by atoms with E-state index >= 15 is 0 Å². The highest BCUT2D eigenvalue weighted by molar-refractivity contribution is 5.92. The van der Waals surface area contributed by atoms with Gasteiger partial charge in [0.2, 0.25) is 0 Å². The summed E-state index contributed by atoms with van der Waals surface area (Å²) in [6.45, 7) is 2.48. The van der Waals surface area contributed by atoms with Crippen molar-refractivity contribution in [1.29, 1.82) is 0 Å². The van der Waals surface area contributed by atoms with E-state index in [0.717, 1.165) is 32.5 Å². The lowest BCUT2D eigenvalue weighted by molar-refractivity contribution is -0.115. The fourth-order valence-electron chi connectivity index (χ4n) is 4.09. The van der Waals surface area contributed by atoms with Crippen LogP contribution in [0.1, 0.15) is 34.9 Å². The highest BCUT2D eigenvalue weighted by Gasteiger charge is 2.44. The molecule has 2 aromatic heterocycles. The van der Waals surface area contributed by atoms with Gasteiger partial charge in [-0.15, -0.1) is 0 Å². The lowest BCUT2D eigenvalue weighted by Crippen LogP contribution is -2.60. The van der Waals surface area contributed by atoms with Crippen molar-refractivity contribution in [2.45, 2.75) is 31.0 Å². The standard InChI is InChI=1S/C20H24N4O2/c1-26-18-14-24(19(18)15-5-4-9-21-13-15)16-7-11-23(12-8-16)20(25)17-6-2-3-10-22-17/h2-6,9-10,13,16,18-19H,7-8,11-12,14H2,1H3. The topological polar surface area (TPSA) is 58.6 Å². The Bertz CT molecular complexity index is 732. The SMILES string of the molecule is COC1CN(C2CCN(C(=O)c3ccccn3)CC2)C1c1cccnc1. The second-order valence-corrected chi connectivity index (χ2v) is 6.94. The van der Waals surface area contributed by atoms with Gasteiger partial charge < -0.3 is 9.64 Å². The highest BCUT2D eigenvalue weighted by atomic mass is 16.5. The van der Waals surface area contributed by atoms with Crippen molar-refractivity contribution in [2.75, 3.05) is 26.7 Å². The minimum Gasteiger partial charge on any atom is -0.378 e. The summed E-state index contributed by atoms with van der Waals surface area (Å²) in [7, 11) is 1.78. The van der Waals surface area contributed by atoms with E-state index in [1.165, 1.54) is 5.56 Å². The number of pyridine rings is 2. The molecule has 26 heavy (non-hydrogen) atoms. The van der Waals surface area contributed by atoms with Gasteiger partial charge in [0.15, 0.2) is 0 Å². The number of hydrogen-bond acceptors (Lipinski definition) is 5. The molecule has 0 aromatic carbocycles. The van der Waals surface area contributed by atoms with Crippen LogP contribution in [0.25, 0.3) is 0 Å². The first-order valence-corrected chi connectivity index (χ1v) is 9.16. The van der Waals surface area contributed by atoms with Crippen LogP contribution in [-0.2, 0) is 4.74 Å². The van der Waals surface area contributed by atoms with Crippen molar-refractivity contribution in [3.63, 3.8) is 0 Å². The third kappa shape index (κ3) is 3.22. The predicted octanol–water partition coefficient (Wildman–Crippen LogP) is 2.15. The average molecular weight is 352 g/mol. The average Bonchev–Trinajstić information content (AvgIpc) is 2.69. The second kappa shape index (κ2) is 7.51. The van der Waals surface area contributed by atoms with Crippen molar-refractivity contribution in [3.05, 3.63) is 60.2 Å². The number of carbonyl (C=O) groups is 1. The first kappa shape index (κ1) is 17.1. The molecule has 0 radical (unpaired) electrons. The number of likely N-dealkylation sites (tertiary alicyclic amines) is 2. The fourth-order valence-corrected chi connectivity index (χ4v) is 4.09. The van der Waals surface area contributed by atoms with Gasteiger partial charge in [0, 0.05) is 51.4 Å². The van der Waals surface area contributed by atoms with Crippen molar-refractivity contribution in [1.82, 2.24) is 19.8 Å². The number of ether oxygens (including phenoxy) is 1. The van der Waals surface area contributed by atoms with Crippen LogP contribution < -0.4 is 0 Å². The van der Waals surface area contributed by atoms with E-state index < -0.39 is 0 Å². The number of rotatable bonds is 4. The maximum absolute atomic E-state index is 12.6. The maximum atomic E-state index is 12.6. The van der Waals surface area contributed by atoms with Gasteiger partial charge in [-0.1, -0.05) is 12.1 Å². The number of carbonyl (C=O) groups excluding carboxylic acids is 1. The van der Waals surface area contributed by atoms with Gasteiger partial charge in [0.25, 0.3) is 5.91 Å². The maximum Gasteiger partial charge on any atom is 0.272 e. The number of hydrogen-bond donors (Lipinski definition) is 0. The molecule has 6 heteroatoms. The molecular formula is C20H24N4O2. The third-order valence-electron chi connectivity index (χ3n) is 5.53. The molecule has 0 aliphatic carbocycles. The minimum absolute atomic E-state index is 0.0336. The van der Waals surface area contributed by atoms with Gasteiger partial charge in [-0.2, -0.15) is 0 Å². The van der Waals surface area contributed by atoms with E-state index in [4.69, 9.17) is 4.74 Å². The summed E-state index contributed by atoms with van der Waals surface area (Å²) in [4.78, 5) is 25.4. The Morgan fingerprint density at radius 2 is 2.00 bits per heavy atom. The first-order chi connectivity index (χ1) is 12.8. The lowest BCUT2D eigenvalue weighted by Gasteiger charge is -2.52. The summed E-state index contributed by atoms with van der Waals surface area (Å²) >= 11 is 0. The van der Waals surface area contributed by atoms with Crippen molar-refractivity contribution in [3.8, 4) is 0 Å². The molecule has 136 valence electrons. The van der Waals surface area contributed by atoms with Gasteiger partial charge >= 0.3 is 0 Å². The summed E-state index contributed by atoms with van der Waals surface area (Å²) in [5, 5.41) is 0. The summed E-state index contributed by atoms with van der Waals surface area (Å²) in [6, 6.07) is 10.3. The zero-order valence-electron chi connectivity index (χ0n) is 15.0. The molecule has 6 nitrogen and oxygen atoms in total. The fraction of sp³-hybridized carbons (Fsp3) is 0.450. The Hall–Kier alpha value is -2.31. The molecule has 2 aliphatic heterocycles. The van der Waals surface area contributed by atoms with Crippen LogP contribution >= 0.6 is 0 Å². The van der Waals surface area contributed by atoms with Crippen LogP contribution in [0.4, 0.5) is 0 Å². The Morgan fingerprint density at radius 3 is 2.65 bits per heavy atom. The molecular weight excluding hydrogens is 328 g/mol. The minimum atomic E-state index is 0.0336. The molecule has 0 spiro atoms. The van der Waals surface area contributed by atoms with Crippen LogP contribution in [0.2, 0.25) is 0 Å². The summed E-state index contributed by atoms with van der Waals surface area (Å²) < 4.78 is 5.65. The smallest absolute Gasteiger partial charge is 0.272 e. The van der Waals surface area contributed by atoms with E-state index in [0.29, 0.717) is 11.7 Å². The molecule has 2 aliphatic rings. The summed E-state index contributed by atoms with van der Waals surface area (Å²) in [5.41, 5.74) is 1.74. The molecule has 1 amide bonds. The van der Waals surface area contributed by atoms with Gasteiger partial charge in [-0.3, -0.25) is 19.7 Å². The number of nitrogens with zero attached hydrogens (tertiary/aromatic N) is 4. The highest BCUT2D eigenvalue weighted by Crippen LogP contribution is 2.39. The summed E-state index contributed by atoms with van der Waals surface area (Å²) in [5.74, 6) is 0.0336. The molecule has 2 fully saturated rings.